The number of hydrogen-bond donors (Lipinski definition) is 1. The number of aliphatic hydroxyl groups excluding tert-OH is 1. The van der Waals surface area contributed by atoms with E-state index in [2.05, 4.69) is 54.0 Å². The van der Waals surface area contributed by atoms with Crippen molar-refractivity contribution in [3.63, 3.8) is 0 Å². The van der Waals surface area contributed by atoms with E-state index in [0.29, 0.717) is 12.6 Å². The molecule has 5 heteroatoms. The Morgan fingerprint density at radius 1 is 1.17 bits per heavy atom. The lowest BCUT2D eigenvalue weighted by atomic mass is 9.97. The number of amides is 1. The lowest BCUT2D eigenvalue weighted by Crippen LogP contribution is -2.52. The molecule has 0 aliphatic carbocycles. The van der Waals surface area contributed by atoms with Gasteiger partial charge in [0.2, 0.25) is 5.91 Å². The van der Waals surface area contributed by atoms with E-state index < -0.39 is 6.10 Å². The van der Waals surface area contributed by atoms with Crippen molar-refractivity contribution in [1.29, 1.82) is 0 Å². The molecule has 0 bridgehead atoms. The molecule has 0 aromatic heterocycles. The maximum Gasteiger partial charge on any atom is 0.223 e. The zero-order valence-corrected chi connectivity index (χ0v) is 18.3. The van der Waals surface area contributed by atoms with Crippen molar-refractivity contribution < 1.29 is 9.90 Å². The highest BCUT2D eigenvalue weighted by Gasteiger charge is 2.26. The van der Waals surface area contributed by atoms with E-state index in [1.807, 2.05) is 17.0 Å². The van der Waals surface area contributed by atoms with Gasteiger partial charge in [-0.25, -0.2) is 0 Å². The molecule has 0 spiro atoms. The summed E-state index contributed by atoms with van der Waals surface area (Å²) in [5, 5.41) is 10.9. The van der Waals surface area contributed by atoms with E-state index in [1.165, 1.54) is 16.8 Å². The molecule has 1 amide bonds. The first kappa shape index (κ1) is 20.9. The van der Waals surface area contributed by atoms with Crippen molar-refractivity contribution in [2.24, 2.45) is 0 Å². The molecule has 1 N–H and O–H groups in total. The number of hydrogen-bond acceptors (Lipinski definition) is 4. The van der Waals surface area contributed by atoms with Crippen molar-refractivity contribution in [3.05, 3.63) is 59.2 Å². The van der Waals surface area contributed by atoms with Crippen LogP contribution >= 0.6 is 0 Å². The molecular weight excluding hydrogens is 374 g/mol. The second-order valence-electron chi connectivity index (χ2n) is 8.82. The fourth-order valence-electron chi connectivity index (χ4n) is 4.89. The number of carbonyl (C=O) groups is 1. The second kappa shape index (κ2) is 8.78. The highest BCUT2D eigenvalue weighted by Crippen LogP contribution is 2.30. The van der Waals surface area contributed by atoms with Gasteiger partial charge in [-0.05, 0) is 61.6 Å². The molecule has 2 heterocycles. The van der Waals surface area contributed by atoms with Crippen LogP contribution < -0.4 is 9.80 Å². The minimum absolute atomic E-state index is 0.0877. The molecule has 2 atom stereocenters. The molecule has 4 rings (SSSR count). The van der Waals surface area contributed by atoms with Gasteiger partial charge in [0.15, 0.2) is 0 Å². The van der Waals surface area contributed by atoms with Crippen LogP contribution in [-0.4, -0.2) is 54.7 Å². The van der Waals surface area contributed by atoms with Crippen molar-refractivity contribution in [2.45, 2.75) is 45.8 Å². The Balaban J connectivity index is 1.40. The number of β-amino-alcohol motifs (C(OH)–C–C–N with tert-alkyl or cyclic N) is 1. The van der Waals surface area contributed by atoms with Crippen LogP contribution in [-0.2, 0) is 11.2 Å². The van der Waals surface area contributed by atoms with Crippen molar-refractivity contribution in [2.75, 3.05) is 42.5 Å². The van der Waals surface area contributed by atoms with E-state index in [-0.39, 0.29) is 5.91 Å². The predicted molar refractivity (Wildman–Crippen MR) is 122 cm³/mol. The molecule has 0 unspecified atom stereocenters. The van der Waals surface area contributed by atoms with Gasteiger partial charge < -0.3 is 14.9 Å². The monoisotopic (exact) mass is 407 g/mol. The lowest BCUT2D eigenvalue weighted by molar-refractivity contribution is -0.116. The normalized spacial score (nSPS) is 20.7. The maximum absolute atomic E-state index is 11.9. The second-order valence-corrected chi connectivity index (χ2v) is 8.82. The minimum Gasteiger partial charge on any atom is -0.387 e. The number of anilines is 2. The van der Waals surface area contributed by atoms with Gasteiger partial charge in [0.25, 0.3) is 0 Å². The smallest absolute Gasteiger partial charge is 0.223 e. The van der Waals surface area contributed by atoms with Crippen LogP contribution in [0.4, 0.5) is 11.4 Å². The maximum atomic E-state index is 11.9. The van der Waals surface area contributed by atoms with Gasteiger partial charge in [0.05, 0.1) is 6.10 Å². The standard InChI is InChI=1S/C25H33N3O2/c1-18-6-4-8-23(14-18)27-13-12-26(16-19(27)2)17-25(30)22-9-10-24-21(15-22)7-5-11-28(24)20(3)29/h4,6,8-10,14-15,19,25,30H,5,7,11-13,16-17H2,1-3H3/t19-,25-/m0/s1. The molecule has 1 saturated heterocycles. The van der Waals surface area contributed by atoms with Crippen LogP contribution in [0.3, 0.4) is 0 Å². The number of aliphatic hydroxyl groups is 1. The van der Waals surface area contributed by atoms with Crippen molar-refractivity contribution in [3.8, 4) is 0 Å². The summed E-state index contributed by atoms with van der Waals surface area (Å²) < 4.78 is 0. The lowest BCUT2D eigenvalue weighted by Gasteiger charge is -2.42. The van der Waals surface area contributed by atoms with Gasteiger partial charge in [-0.3, -0.25) is 9.69 Å². The minimum atomic E-state index is -0.513. The number of benzene rings is 2. The number of aryl methyl sites for hydroxylation is 2. The number of nitrogens with zero attached hydrogens (tertiary/aromatic N) is 3. The molecule has 0 radical (unpaired) electrons. The molecule has 2 aliphatic rings. The first-order chi connectivity index (χ1) is 14.4. The predicted octanol–water partition coefficient (Wildman–Crippen LogP) is 3.54. The van der Waals surface area contributed by atoms with Gasteiger partial charge >= 0.3 is 0 Å². The first-order valence-corrected chi connectivity index (χ1v) is 11.1. The van der Waals surface area contributed by atoms with Crippen LogP contribution in [0.25, 0.3) is 0 Å². The molecule has 2 aromatic rings. The van der Waals surface area contributed by atoms with E-state index in [4.69, 9.17) is 0 Å². The van der Waals surface area contributed by atoms with Crippen LogP contribution in [0.5, 0.6) is 0 Å². The number of carbonyl (C=O) groups excluding carboxylic acids is 1. The van der Waals surface area contributed by atoms with Gasteiger partial charge in [0, 0.05) is 57.1 Å². The molecule has 2 aliphatic heterocycles. The van der Waals surface area contributed by atoms with Gasteiger partial charge in [-0.1, -0.05) is 24.3 Å². The van der Waals surface area contributed by atoms with Crippen molar-refractivity contribution in [1.82, 2.24) is 4.90 Å². The van der Waals surface area contributed by atoms with Gasteiger partial charge in [-0.2, -0.15) is 0 Å². The van der Waals surface area contributed by atoms with Crippen LogP contribution in [0.15, 0.2) is 42.5 Å². The number of rotatable bonds is 4. The van der Waals surface area contributed by atoms with Crippen LogP contribution in [0, 0.1) is 6.92 Å². The van der Waals surface area contributed by atoms with E-state index in [0.717, 1.165) is 50.3 Å². The Morgan fingerprint density at radius 2 is 2.00 bits per heavy atom. The zero-order chi connectivity index (χ0) is 21.3. The topological polar surface area (TPSA) is 47.0 Å². The SMILES string of the molecule is CC(=O)N1CCCc2cc([C@@H](O)CN3CCN(c4cccc(C)c4)[C@@H](C)C3)ccc21. The molecule has 160 valence electrons. The van der Waals surface area contributed by atoms with E-state index in [9.17, 15) is 9.90 Å². The number of piperazine rings is 1. The van der Waals surface area contributed by atoms with E-state index in [1.54, 1.807) is 6.92 Å². The highest BCUT2D eigenvalue weighted by atomic mass is 16.3. The number of fused-ring (bicyclic) bond motifs is 1. The quantitative estimate of drug-likeness (QED) is 0.842. The fraction of sp³-hybridized carbons (Fsp3) is 0.480. The molecule has 0 saturated carbocycles. The van der Waals surface area contributed by atoms with Crippen molar-refractivity contribution >= 4 is 17.3 Å². The molecule has 30 heavy (non-hydrogen) atoms. The molecular formula is C25H33N3O2. The largest absolute Gasteiger partial charge is 0.387 e. The summed E-state index contributed by atoms with van der Waals surface area (Å²) in [4.78, 5) is 18.6. The van der Waals surface area contributed by atoms with E-state index >= 15 is 0 Å². The summed E-state index contributed by atoms with van der Waals surface area (Å²) >= 11 is 0. The highest BCUT2D eigenvalue weighted by molar-refractivity contribution is 5.92. The third-order valence-corrected chi connectivity index (χ3v) is 6.46. The van der Waals surface area contributed by atoms with Gasteiger partial charge in [0.1, 0.15) is 0 Å². The Kier molecular flexibility index (Phi) is 6.11. The third-order valence-electron chi connectivity index (χ3n) is 6.46. The zero-order valence-electron chi connectivity index (χ0n) is 18.3. The molecule has 2 aromatic carbocycles. The molecule has 1 fully saturated rings. The Hall–Kier alpha value is -2.37. The summed E-state index contributed by atoms with van der Waals surface area (Å²) in [7, 11) is 0. The Morgan fingerprint density at radius 3 is 2.73 bits per heavy atom. The first-order valence-electron chi connectivity index (χ1n) is 11.1. The summed E-state index contributed by atoms with van der Waals surface area (Å²) in [6, 6.07) is 15.2. The average Bonchev–Trinajstić information content (AvgIpc) is 2.72. The summed E-state index contributed by atoms with van der Waals surface area (Å²) in [6.45, 7) is 10.3. The van der Waals surface area contributed by atoms with Crippen LogP contribution in [0.2, 0.25) is 0 Å². The Labute approximate surface area is 179 Å². The summed E-state index contributed by atoms with van der Waals surface area (Å²) in [6.07, 6.45) is 1.43. The summed E-state index contributed by atoms with van der Waals surface area (Å²) in [5.41, 5.74) is 5.70. The average molecular weight is 408 g/mol. The third kappa shape index (κ3) is 4.37. The summed E-state index contributed by atoms with van der Waals surface area (Å²) in [5.74, 6) is 0.0877. The van der Waals surface area contributed by atoms with Gasteiger partial charge in [-0.15, -0.1) is 0 Å². The Bertz CT molecular complexity index is 913. The fourth-order valence-corrected chi connectivity index (χ4v) is 4.89. The van der Waals surface area contributed by atoms with Crippen LogP contribution in [0.1, 0.15) is 43.1 Å². The molecule has 5 nitrogen and oxygen atoms in total.